The van der Waals surface area contributed by atoms with E-state index in [1.807, 2.05) is 24.3 Å². The fraction of sp³-hybridized carbons (Fsp3) is 0.571. The van der Waals surface area contributed by atoms with Crippen LogP contribution in [0.1, 0.15) is 63.4 Å². The Balaban J connectivity index is 1.85. The molecule has 1 aromatic rings. The van der Waals surface area contributed by atoms with Crippen LogP contribution in [0.15, 0.2) is 24.3 Å². The van der Waals surface area contributed by atoms with Gasteiger partial charge in [0.1, 0.15) is 5.75 Å². The minimum atomic E-state index is -0.240. The Kier molecular flexibility index (Phi) is 7.68. The zero-order valence-electron chi connectivity index (χ0n) is 14.8. The van der Waals surface area contributed by atoms with Crippen molar-refractivity contribution < 1.29 is 14.3 Å². The van der Waals surface area contributed by atoms with Crippen molar-refractivity contribution in [3.8, 4) is 17.6 Å². The van der Waals surface area contributed by atoms with E-state index in [9.17, 15) is 4.79 Å². The van der Waals surface area contributed by atoms with Gasteiger partial charge < -0.3 is 9.47 Å². The predicted molar refractivity (Wildman–Crippen MR) is 96.0 cm³/mol. The highest BCUT2D eigenvalue weighted by molar-refractivity contribution is 5.71. The Bertz CT molecular complexity index is 559. The molecule has 24 heavy (non-hydrogen) atoms. The number of carbonyl (C=O) groups is 1. The third-order valence-electron chi connectivity index (χ3n) is 4.72. The van der Waals surface area contributed by atoms with Gasteiger partial charge in [-0.05, 0) is 37.0 Å². The number of hydrogen-bond donors (Lipinski definition) is 0. The maximum atomic E-state index is 11.5. The molecule has 1 atom stereocenters. The summed E-state index contributed by atoms with van der Waals surface area (Å²) in [6, 6.07) is 7.93. The van der Waals surface area contributed by atoms with Gasteiger partial charge in [-0.3, -0.25) is 4.79 Å². The topological polar surface area (TPSA) is 35.5 Å². The van der Waals surface area contributed by atoms with E-state index in [4.69, 9.17) is 9.47 Å². The summed E-state index contributed by atoms with van der Waals surface area (Å²) in [6.45, 7) is 2.57. The summed E-state index contributed by atoms with van der Waals surface area (Å²) in [7, 11) is 1.40. The Morgan fingerprint density at radius 2 is 1.92 bits per heavy atom. The third kappa shape index (κ3) is 5.92. The first-order valence-corrected chi connectivity index (χ1v) is 8.94. The van der Waals surface area contributed by atoms with Gasteiger partial charge in [-0.15, -0.1) is 5.92 Å². The lowest BCUT2D eigenvalue weighted by Gasteiger charge is -2.21. The SMILES string of the molecule is CC#C[C@@H](CC(=O)OC)c1ccc(OCCC2CCCCC2)cc1. The van der Waals surface area contributed by atoms with E-state index in [-0.39, 0.29) is 18.3 Å². The quantitative estimate of drug-likeness (QED) is 0.537. The maximum Gasteiger partial charge on any atom is 0.307 e. The molecule has 0 aliphatic heterocycles. The zero-order chi connectivity index (χ0) is 17.2. The highest BCUT2D eigenvalue weighted by Crippen LogP contribution is 2.27. The Labute approximate surface area is 145 Å². The molecule has 0 aromatic heterocycles. The molecule has 1 aliphatic rings. The second-order valence-electron chi connectivity index (χ2n) is 6.44. The van der Waals surface area contributed by atoms with Crippen molar-refractivity contribution in [3.63, 3.8) is 0 Å². The second kappa shape index (κ2) is 10.0. The predicted octanol–water partition coefficient (Wildman–Crippen LogP) is 4.71. The van der Waals surface area contributed by atoms with Crippen molar-refractivity contribution in [2.75, 3.05) is 13.7 Å². The van der Waals surface area contributed by atoms with Crippen LogP contribution in [0, 0.1) is 17.8 Å². The summed E-state index contributed by atoms with van der Waals surface area (Å²) < 4.78 is 10.6. The van der Waals surface area contributed by atoms with Crippen LogP contribution in [0.2, 0.25) is 0 Å². The summed E-state index contributed by atoms with van der Waals surface area (Å²) in [5.41, 5.74) is 1.02. The second-order valence-corrected chi connectivity index (χ2v) is 6.44. The van der Waals surface area contributed by atoms with Gasteiger partial charge in [0.25, 0.3) is 0 Å². The van der Waals surface area contributed by atoms with Gasteiger partial charge in [-0.2, -0.15) is 0 Å². The van der Waals surface area contributed by atoms with Crippen molar-refractivity contribution in [2.24, 2.45) is 5.92 Å². The first-order chi connectivity index (χ1) is 11.7. The van der Waals surface area contributed by atoms with Crippen LogP contribution < -0.4 is 4.74 Å². The van der Waals surface area contributed by atoms with Crippen LogP contribution in [0.5, 0.6) is 5.75 Å². The van der Waals surface area contributed by atoms with Crippen LogP contribution in [0.3, 0.4) is 0 Å². The zero-order valence-corrected chi connectivity index (χ0v) is 14.8. The molecule has 0 saturated heterocycles. The average molecular weight is 328 g/mol. The van der Waals surface area contributed by atoms with Gasteiger partial charge in [0.2, 0.25) is 0 Å². The molecule has 0 N–H and O–H groups in total. The number of hydrogen-bond acceptors (Lipinski definition) is 3. The molecule has 1 aromatic carbocycles. The number of carbonyl (C=O) groups excluding carboxylic acids is 1. The molecule has 0 radical (unpaired) electrons. The molecule has 0 spiro atoms. The molecule has 0 bridgehead atoms. The third-order valence-corrected chi connectivity index (χ3v) is 4.72. The van der Waals surface area contributed by atoms with E-state index in [0.717, 1.165) is 30.3 Å². The summed E-state index contributed by atoms with van der Waals surface area (Å²) in [6.07, 6.45) is 8.28. The average Bonchev–Trinajstić information content (AvgIpc) is 2.63. The molecule has 1 aliphatic carbocycles. The van der Waals surface area contributed by atoms with Crippen LogP contribution in [0.25, 0.3) is 0 Å². The minimum Gasteiger partial charge on any atom is -0.494 e. The Morgan fingerprint density at radius 1 is 1.21 bits per heavy atom. The Hall–Kier alpha value is -1.95. The molecule has 1 fully saturated rings. The summed E-state index contributed by atoms with van der Waals surface area (Å²) in [5, 5.41) is 0. The number of esters is 1. The van der Waals surface area contributed by atoms with Crippen molar-refractivity contribution in [1.82, 2.24) is 0 Å². The van der Waals surface area contributed by atoms with E-state index >= 15 is 0 Å². The van der Waals surface area contributed by atoms with E-state index in [1.165, 1.54) is 39.2 Å². The van der Waals surface area contributed by atoms with Gasteiger partial charge in [-0.25, -0.2) is 0 Å². The smallest absolute Gasteiger partial charge is 0.307 e. The molecular weight excluding hydrogens is 300 g/mol. The minimum absolute atomic E-state index is 0.126. The van der Waals surface area contributed by atoms with Gasteiger partial charge in [0.15, 0.2) is 0 Å². The van der Waals surface area contributed by atoms with Crippen molar-refractivity contribution in [1.29, 1.82) is 0 Å². The van der Waals surface area contributed by atoms with E-state index < -0.39 is 0 Å². The van der Waals surface area contributed by atoms with Gasteiger partial charge in [0.05, 0.1) is 26.1 Å². The van der Waals surface area contributed by atoms with Crippen molar-refractivity contribution in [2.45, 2.75) is 57.8 Å². The van der Waals surface area contributed by atoms with Gasteiger partial charge in [-0.1, -0.05) is 50.2 Å². The molecule has 3 nitrogen and oxygen atoms in total. The lowest BCUT2D eigenvalue weighted by molar-refractivity contribution is -0.140. The molecule has 0 unspecified atom stereocenters. The summed E-state index contributed by atoms with van der Waals surface area (Å²) >= 11 is 0. The maximum absolute atomic E-state index is 11.5. The Morgan fingerprint density at radius 3 is 2.54 bits per heavy atom. The van der Waals surface area contributed by atoms with Crippen molar-refractivity contribution >= 4 is 5.97 Å². The molecule has 3 heteroatoms. The normalized spacial score (nSPS) is 15.9. The number of ether oxygens (including phenoxy) is 2. The monoisotopic (exact) mass is 328 g/mol. The highest BCUT2D eigenvalue weighted by Gasteiger charge is 2.15. The van der Waals surface area contributed by atoms with E-state index in [2.05, 4.69) is 11.8 Å². The lowest BCUT2D eigenvalue weighted by Crippen LogP contribution is -2.11. The standard InChI is InChI=1S/C21H28O3/c1-3-7-19(16-21(22)23-2)18-10-12-20(13-11-18)24-15-14-17-8-5-4-6-9-17/h10-13,17,19H,4-6,8-9,14-16H2,1-2H3/t19-/m0/s1. The fourth-order valence-corrected chi connectivity index (χ4v) is 3.29. The van der Waals surface area contributed by atoms with Crippen LogP contribution in [-0.2, 0) is 9.53 Å². The summed E-state index contributed by atoms with van der Waals surface area (Å²) in [4.78, 5) is 11.5. The van der Waals surface area contributed by atoms with Gasteiger partial charge >= 0.3 is 5.97 Å². The van der Waals surface area contributed by atoms with Crippen molar-refractivity contribution in [3.05, 3.63) is 29.8 Å². The summed E-state index contributed by atoms with van der Waals surface area (Å²) in [5.74, 6) is 7.32. The van der Waals surface area contributed by atoms with Gasteiger partial charge in [0, 0.05) is 0 Å². The van der Waals surface area contributed by atoms with Crippen LogP contribution >= 0.6 is 0 Å². The van der Waals surface area contributed by atoms with Crippen LogP contribution in [0.4, 0.5) is 0 Å². The molecule has 0 amide bonds. The fourth-order valence-electron chi connectivity index (χ4n) is 3.29. The molecule has 130 valence electrons. The molecular formula is C21H28O3. The van der Waals surface area contributed by atoms with Crippen LogP contribution in [-0.4, -0.2) is 19.7 Å². The molecule has 2 rings (SSSR count). The number of benzene rings is 1. The van der Waals surface area contributed by atoms with E-state index in [1.54, 1.807) is 6.92 Å². The van der Waals surface area contributed by atoms with E-state index in [0.29, 0.717) is 0 Å². The molecule has 0 heterocycles. The highest BCUT2D eigenvalue weighted by atomic mass is 16.5. The number of rotatable bonds is 7. The first-order valence-electron chi connectivity index (χ1n) is 8.94. The lowest BCUT2D eigenvalue weighted by atomic mass is 9.87. The first kappa shape index (κ1) is 18.4. The molecule has 1 saturated carbocycles. The largest absolute Gasteiger partial charge is 0.494 e. The number of methoxy groups -OCH3 is 1.